The Balaban J connectivity index is 3.21. The van der Waals surface area contributed by atoms with Crippen LogP contribution >= 0.6 is 0 Å². The first kappa shape index (κ1) is 9.78. The zero-order chi connectivity index (χ0) is 10.1. The minimum atomic E-state index is 0.0754. The number of imidazole rings is 1. The van der Waals surface area contributed by atoms with Gasteiger partial charge in [-0.15, -0.1) is 0 Å². The standard InChI is InChI=1S/C11H16N2/c1-6-10-12-9(11(3,4)5)8-13(10)7-2/h6-8H,1-2H2,3-5H3. The van der Waals surface area contributed by atoms with Gasteiger partial charge in [-0.2, -0.15) is 0 Å². The van der Waals surface area contributed by atoms with Crippen molar-refractivity contribution in [1.82, 2.24) is 9.55 Å². The summed E-state index contributed by atoms with van der Waals surface area (Å²) in [6.07, 6.45) is 5.46. The molecule has 0 saturated heterocycles. The molecule has 0 spiro atoms. The molecule has 1 rings (SSSR count). The van der Waals surface area contributed by atoms with Crippen LogP contribution in [-0.2, 0) is 5.41 Å². The predicted octanol–water partition coefficient (Wildman–Crippen LogP) is 2.92. The Morgan fingerprint density at radius 2 is 2.00 bits per heavy atom. The Morgan fingerprint density at radius 1 is 1.38 bits per heavy atom. The molecule has 0 aliphatic heterocycles. The molecule has 0 unspecified atom stereocenters. The van der Waals surface area contributed by atoms with Gasteiger partial charge in [-0.3, -0.25) is 0 Å². The second-order valence-electron chi connectivity index (χ2n) is 4.03. The zero-order valence-corrected chi connectivity index (χ0v) is 8.54. The van der Waals surface area contributed by atoms with Gasteiger partial charge in [0.2, 0.25) is 0 Å². The van der Waals surface area contributed by atoms with Crippen molar-refractivity contribution in [2.75, 3.05) is 0 Å². The van der Waals surface area contributed by atoms with Gasteiger partial charge in [0.05, 0.1) is 5.69 Å². The summed E-state index contributed by atoms with van der Waals surface area (Å²) in [4.78, 5) is 4.44. The van der Waals surface area contributed by atoms with Gasteiger partial charge in [0, 0.05) is 17.8 Å². The molecular formula is C11H16N2. The molecule has 1 heterocycles. The molecule has 0 radical (unpaired) electrons. The third-order valence-electron chi connectivity index (χ3n) is 1.91. The highest BCUT2D eigenvalue weighted by atomic mass is 15.1. The van der Waals surface area contributed by atoms with E-state index in [0.29, 0.717) is 0 Å². The minimum Gasteiger partial charge on any atom is -0.307 e. The Bertz CT molecular complexity index is 301. The molecule has 0 N–H and O–H groups in total. The SMILES string of the molecule is C=Cc1nc(C(C)(C)C)cn1C=C. The van der Waals surface area contributed by atoms with Crippen LogP contribution in [0.3, 0.4) is 0 Å². The molecular weight excluding hydrogens is 160 g/mol. The van der Waals surface area contributed by atoms with Crippen molar-refractivity contribution in [3.8, 4) is 0 Å². The maximum Gasteiger partial charge on any atom is 0.136 e. The molecule has 0 fully saturated rings. The topological polar surface area (TPSA) is 17.8 Å². The van der Waals surface area contributed by atoms with Crippen molar-refractivity contribution in [3.63, 3.8) is 0 Å². The van der Waals surface area contributed by atoms with E-state index in [1.165, 1.54) is 0 Å². The lowest BCUT2D eigenvalue weighted by Gasteiger charge is -2.13. The van der Waals surface area contributed by atoms with E-state index < -0.39 is 0 Å². The summed E-state index contributed by atoms with van der Waals surface area (Å²) >= 11 is 0. The maximum absolute atomic E-state index is 4.44. The smallest absolute Gasteiger partial charge is 0.136 e. The van der Waals surface area contributed by atoms with Crippen molar-refractivity contribution >= 4 is 12.3 Å². The van der Waals surface area contributed by atoms with Crippen LogP contribution in [0.1, 0.15) is 32.3 Å². The van der Waals surface area contributed by atoms with E-state index in [9.17, 15) is 0 Å². The molecule has 0 bridgehead atoms. The van der Waals surface area contributed by atoms with Crippen LogP contribution < -0.4 is 0 Å². The zero-order valence-electron chi connectivity index (χ0n) is 8.54. The molecule has 70 valence electrons. The molecule has 0 aliphatic rings. The van der Waals surface area contributed by atoms with Crippen molar-refractivity contribution in [3.05, 3.63) is 30.9 Å². The second-order valence-corrected chi connectivity index (χ2v) is 4.03. The minimum absolute atomic E-state index is 0.0754. The highest BCUT2D eigenvalue weighted by molar-refractivity contribution is 5.43. The maximum atomic E-state index is 4.44. The fraction of sp³-hybridized carbons (Fsp3) is 0.364. The van der Waals surface area contributed by atoms with E-state index in [-0.39, 0.29) is 5.41 Å². The first-order valence-corrected chi connectivity index (χ1v) is 4.33. The summed E-state index contributed by atoms with van der Waals surface area (Å²) in [5.41, 5.74) is 1.13. The van der Waals surface area contributed by atoms with E-state index in [1.807, 2.05) is 10.8 Å². The third kappa shape index (κ3) is 1.89. The third-order valence-corrected chi connectivity index (χ3v) is 1.91. The average Bonchev–Trinajstić information content (AvgIpc) is 2.45. The van der Waals surface area contributed by atoms with Gasteiger partial charge in [-0.05, 0) is 6.08 Å². The molecule has 0 saturated carbocycles. The van der Waals surface area contributed by atoms with Gasteiger partial charge in [0.1, 0.15) is 5.82 Å². The summed E-state index contributed by atoms with van der Waals surface area (Å²) in [5.74, 6) is 0.847. The van der Waals surface area contributed by atoms with Gasteiger partial charge in [-0.25, -0.2) is 4.98 Å². The monoisotopic (exact) mass is 176 g/mol. The number of aromatic nitrogens is 2. The van der Waals surface area contributed by atoms with Crippen molar-refractivity contribution < 1.29 is 0 Å². The molecule has 2 nitrogen and oxygen atoms in total. The van der Waals surface area contributed by atoms with Gasteiger partial charge in [0.15, 0.2) is 0 Å². The summed E-state index contributed by atoms with van der Waals surface area (Å²) in [6.45, 7) is 13.8. The lowest BCUT2D eigenvalue weighted by atomic mass is 9.93. The van der Waals surface area contributed by atoms with Gasteiger partial charge in [-0.1, -0.05) is 33.9 Å². The number of nitrogens with zero attached hydrogens (tertiary/aromatic N) is 2. The van der Waals surface area contributed by atoms with Crippen LogP contribution in [0.25, 0.3) is 12.3 Å². The lowest BCUT2D eigenvalue weighted by Crippen LogP contribution is -2.11. The number of hydrogen-bond donors (Lipinski definition) is 0. The van der Waals surface area contributed by atoms with E-state index in [0.717, 1.165) is 11.5 Å². The van der Waals surface area contributed by atoms with Gasteiger partial charge in [0.25, 0.3) is 0 Å². The Morgan fingerprint density at radius 3 is 2.31 bits per heavy atom. The molecule has 0 aromatic carbocycles. The van der Waals surface area contributed by atoms with Gasteiger partial charge >= 0.3 is 0 Å². The Labute approximate surface area is 79.6 Å². The fourth-order valence-electron chi connectivity index (χ4n) is 1.07. The first-order valence-electron chi connectivity index (χ1n) is 4.33. The van der Waals surface area contributed by atoms with Crippen LogP contribution in [0.4, 0.5) is 0 Å². The van der Waals surface area contributed by atoms with Crippen molar-refractivity contribution in [2.24, 2.45) is 0 Å². The summed E-state index contributed by atoms with van der Waals surface area (Å²) in [5, 5.41) is 0. The fourth-order valence-corrected chi connectivity index (χ4v) is 1.07. The van der Waals surface area contributed by atoms with Crippen LogP contribution in [0.5, 0.6) is 0 Å². The molecule has 1 aromatic rings. The van der Waals surface area contributed by atoms with Gasteiger partial charge < -0.3 is 4.57 Å². The van der Waals surface area contributed by atoms with Crippen LogP contribution in [0, 0.1) is 0 Å². The Hall–Kier alpha value is -1.31. The summed E-state index contributed by atoms with van der Waals surface area (Å²) in [7, 11) is 0. The van der Waals surface area contributed by atoms with Crippen molar-refractivity contribution in [2.45, 2.75) is 26.2 Å². The van der Waals surface area contributed by atoms with Crippen LogP contribution in [0.15, 0.2) is 19.4 Å². The number of rotatable bonds is 2. The quantitative estimate of drug-likeness (QED) is 0.677. The number of hydrogen-bond acceptors (Lipinski definition) is 1. The first-order chi connectivity index (χ1) is 5.99. The summed E-state index contributed by atoms with van der Waals surface area (Å²) in [6, 6.07) is 0. The lowest BCUT2D eigenvalue weighted by molar-refractivity contribution is 0.572. The average molecular weight is 176 g/mol. The predicted molar refractivity (Wildman–Crippen MR) is 57.4 cm³/mol. The van der Waals surface area contributed by atoms with E-state index in [1.54, 1.807) is 12.3 Å². The molecule has 13 heavy (non-hydrogen) atoms. The molecule has 1 aromatic heterocycles. The molecule has 0 amide bonds. The highest BCUT2D eigenvalue weighted by Crippen LogP contribution is 2.21. The largest absolute Gasteiger partial charge is 0.307 e. The molecule has 0 aliphatic carbocycles. The molecule has 0 atom stereocenters. The van der Waals surface area contributed by atoms with Crippen LogP contribution in [0.2, 0.25) is 0 Å². The van der Waals surface area contributed by atoms with E-state index in [4.69, 9.17) is 0 Å². The molecule has 2 heteroatoms. The highest BCUT2D eigenvalue weighted by Gasteiger charge is 2.17. The second kappa shape index (κ2) is 3.21. The van der Waals surface area contributed by atoms with E-state index in [2.05, 4.69) is 38.9 Å². The van der Waals surface area contributed by atoms with Crippen molar-refractivity contribution in [1.29, 1.82) is 0 Å². The van der Waals surface area contributed by atoms with Crippen LogP contribution in [-0.4, -0.2) is 9.55 Å². The van der Waals surface area contributed by atoms with E-state index >= 15 is 0 Å². The Kier molecular flexibility index (Phi) is 2.41. The summed E-state index contributed by atoms with van der Waals surface area (Å²) < 4.78 is 1.88. The normalized spacial score (nSPS) is 11.3.